The maximum Gasteiger partial charge on any atom is 0.277 e. The first-order valence-corrected chi connectivity index (χ1v) is 11.6. The van der Waals surface area contributed by atoms with E-state index in [4.69, 9.17) is 4.42 Å². The van der Waals surface area contributed by atoms with Crippen LogP contribution in [-0.2, 0) is 11.3 Å². The van der Waals surface area contributed by atoms with Gasteiger partial charge in [-0.15, -0.1) is 10.2 Å². The topological polar surface area (TPSA) is 62.5 Å². The summed E-state index contributed by atoms with van der Waals surface area (Å²) >= 11 is 1.39. The van der Waals surface area contributed by atoms with Crippen LogP contribution in [0.4, 0.5) is 0 Å². The van der Waals surface area contributed by atoms with E-state index in [0.29, 0.717) is 11.1 Å². The van der Waals surface area contributed by atoms with Crippen LogP contribution in [0.1, 0.15) is 56.4 Å². The molecule has 1 saturated heterocycles. The Balaban J connectivity index is 1.25. The Bertz CT molecular complexity index is 783. The number of rotatable bonds is 6. The minimum absolute atomic E-state index is 0.159. The highest BCUT2D eigenvalue weighted by Crippen LogP contribution is 2.33. The Hall–Kier alpha value is -1.86. The molecule has 6 nitrogen and oxygen atoms in total. The molecule has 7 heteroatoms. The first-order valence-electron chi connectivity index (χ1n) is 10.7. The lowest BCUT2D eigenvalue weighted by Crippen LogP contribution is -2.50. The third-order valence-electron chi connectivity index (χ3n) is 5.93. The molecule has 1 aliphatic heterocycles. The average Bonchev–Trinajstić information content (AvgIpc) is 3.23. The molecule has 2 fully saturated rings. The van der Waals surface area contributed by atoms with Gasteiger partial charge in [0.25, 0.3) is 5.22 Å². The number of piperazine rings is 1. The first-order chi connectivity index (χ1) is 14.2. The van der Waals surface area contributed by atoms with Gasteiger partial charge in [-0.1, -0.05) is 61.4 Å². The highest BCUT2D eigenvalue weighted by atomic mass is 32.2. The van der Waals surface area contributed by atoms with E-state index in [1.54, 1.807) is 0 Å². The molecule has 0 spiro atoms. The molecular formula is C22H30N4O2S. The number of carbonyl (C=O) groups is 1. The van der Waals surface area contributed by atoms with Crippen molar-refractivity contribution in [1.29, 1.82) is 0 Å². The van der Waals surface area contributed by atoms with Crippen molar-refractivity contribution in [3.63, 3.8) is 0 Å². The van der Waals surface area contributed by atoms with E-state index >= 15 is 0 Å². The minimum Gasteiger partial charge on any atom is -0.416 e. The number of thioether (sulfide) groups is 1. The van der Waals surface area contributed by atoms with Gasteiger partial charge in [0.05, 0.1) is 5.25 Å². The molecular weight excluding hydrogens is 384 g/mol. The van der Waals surface area contributed by atoms with Crippen LogP contribution >= 0.6 is 11.8 Å². The molecule has 1 unspecified atom stereocenters. The molecule has 1 aromatic carbocycles. The number of hydrogen-bond acceptors (Lipinski definition) is 6. The quantitative estimate of drug-likeness (QED) is 0.667. The fourth-order valence-electron chi connectivity index (χ4n) is 4.21. The van der Waals surface area contributed by atoms with Crippen molar-refractivity contribution in [3.8, 4) is 0 Å². The van der Waals surface area contributed by atoms with Crippen molar-refractivity contribution in [3.05, 3.63) is 41.8 Å². The van der Waals surface area contributed by atoms with E-state index in [9.17, 15) is 4.79 Å². The van der Waals surface area contributed by atoms with Crippen LogP contribution in [0.5, 0.6) is 0 Å². The summed E-state index contributed by atoms with van der Waals surface area (Å²) in [4.78, 5) is 17.3. The van der Waals surface area contributed by atoms with Gasteiger partial charge in [-0.3, -0.25) is 9.69 Å². The summed E-state index contributed by atoms with van der Waals surface area (Å²) in [5.41, 5.74) is 1.32. The van der Waals surface area contributed by atoms with Crippen molar-refractivity contribution in [1.82, 2.24) is 20.0 Å². The van der Waals surface area contributed by atoms with Crippen molar-refractivity contribution >= 4 is 17.7 Å². The first kappa shape index (κ1) is 20.4. The summed E-state index contributed by atoms with van der Waals surface area (Å²) in [7, 11) is 0. The van der Waals surface area contributed by atoms with Gasteiger partial charge in [0.1, 0.15) is 0 Å². The van der Waals surface area contributed by atoms with Crippen LogP contribution in [0.3, 0.4) is 0 Å². The Morgan fingerprint density at radius 1 is 1.10 bits per heavy atom. The zero-order chi connectivity index (χ0) is 20.1. The maximum absolute atomic E-state index is 12.9. The van der Waals surface area contributed by atoms with Crippen molar-refractivity contribution < 1.29 is 9.21 Å². The zero-order valence-electron chi connectivity index (χ0n) is 17.1. The summed E-state index contributed by atoms with van der Waals surface area (Å²) in [5.74, 6) is 1.31. The summed E-state index contributed by atoms with van der Waals surface area (Å²) in [5, 5.41) is 8.74. The smallest absolute Gasteiger partial charge is 0.277 e. The highest BCUT2D eigenvalue weighted by Gasteiger charge is 2.28. The second-order valence-electron chi connectivity index (χ2n) is 8.09. The fourth-order valence-corrected chi connectivity index (χ4v) is 4.98. The van der Waals surface area contributed by atoms with Crippen LogP contribution in [-0.4, -0.2) is 57.3 Å². The van der Waals surface area contributed by atoms with Crippen LogP contribution in [0.2, 0.25) is 0 Å². The van der Waals surface area contributed by atoms with Gasteiger partial charge in [0, 0.05) is 38.6 Å². The number of carbonyl (C=O) groups excluding carboxylic acids is 1. The second-order valence-corrected chi connectivity index (χ2v) is 9.38. The molecule has 1 aromatic heterocycles. The molecule has 2 heterocycles. The van der Waals surface area contributed by atoms with Gasteiger partial charge in [-0.05, 0) is 25.3 Å². The highest BCUT2D eigenvalue weighted by molar-refractivity contribution is 8.00. The molecule has 4 rings (SSSR count). The van der Waals surface area contributed by atoms with Crippen molar-refractivity contribution in [2.24, 2.45) is 0 Å². The molecule has 1 aliphatic carbocycles. The Morgan fingerprint density at radius 2 is 1.83 bits per heavy atom. The van der Waals surface area contributed by atoms with Gasteiger partial charge in [0.2, 0.25) is 11.8 Å². The van der Waals surface area contributed by atoms with Gasteiger partial charge in [-0.2, -0.15) is 0 Å². The standard InChI is InChI=1S/C22H30N4O2S/c1-17(29-22-24-23-20(28-22)19-10-6-3-7-11-19)21(27)26-14-12-25(13-15-26)16-18-8-4-2-5-9-18/h2,4-5,8-9,17,19H,3,6-7,10-16H2,1H3. The molecule has 0 bridgehead atoms. The monoisotopic (exact) mass is 414 g/mol. The number of benzene rings is 1. The molecule has 2 aromatic rings. The fraction of sp³-hybridized carbons (Fsp3) is 0.591. The van der Waals surface area contributed by atoms with Gasteiger partial charge >= 0.3 is 0 Å². The van der Waals surface area contributed by atoms with Crippen LogP contribution in [0, 0.1) is 0 Å². The molecule has 1 amide bonds. The lowest BCUT2D eigenvalue weighted by Gasteiger charge is -2.35. The van der Waals surface area contributed by atoms with Gasteiger partial charge in [-0.25, -0.2) is 0 Å². The summed E-state index contributed by atoms with van der Waals surface area (Å²) in [6, 6.07) is 10.5. The van der Waals surface area contributed by atoms with Crippen LogP contribution in [0.25, 0.3) is 0 Å². The second kappa shape index (κ2) is 9.76. The molecule has 0 radical (unpaired) electrons. The average molecular weight is 415 g/mol. The van der Waals surface area contributed by atoms with E-state index in [2.05, 4.69) is 39.4 Å². The van der Waals surface area contributed by atoms with E-state index in [-0.39, 0.29) is 11.2 Å². The predicted octanol–water partition coefficient (Wildman–Crippen LogP) is 3.94. The molecule has 2 aliphatic rings. The predicted molar refractivity (Wildman–Crippen MR) is 114 cm³/mol. The van der Waals surface area contributed by atoms with Crippen LogP contribution in [0.15, 0.2) is 40.0 Å². The third kappa shape index (κ3) is 5.39. The summed E-state index contributed by atoms with van der Waals surface area (Å²) in [6.07, 6.45) is 6.04. The molecule has 1 atom stereocenters. The molecule has 0 N–H and O–H groups in total. The number of aromatic nitrogens is 2. The summed E-state index contributed by atoms with van der Waals surface area (Å²) < 4.78 is 5.88. The van der Waals surface area contributed by atoms with Gasteiger partial charge < -0.3 is 9.32 Å². The zero-order valence-corrected chi connectivity index (χ0v) is 17.9. The SMILES string of the molecule is CC(Sc1nnc(C2CCCCC2)o1)C(=O)N1CCN(Cc2ccccc2)CC1. The summed E-state index contributed by atoms with van der Waals surface area (Å²) in [6.45, 7) is 6.24. The molecule has 1 saturated carbocycles. The van der Waals surface area contributed by atoms with E-state index in [0.717, 1.165) is 51.5 Å². The van der Waals surface area contributed by atoms with E-state index < -0.39 is 0 Å². The molecule has 29 heavy (non-hydrogen) atoms. The minimum atomic E-state index is -0.213. The maximum atomic E-state index is 12.9. The lowest BCUT2D eigenvalue weighted by molar-refractivity contribution is -0.132. The lowest BCUT2D eigenvalue weighted by atomic mass is 9.89. The van der Waals surface area contributed by atoms with E-state index in [1.165, 1.54) is 36.6 Å². The van der Waals surface area contributed by atoms with Crippen LogP contribution < -0.4 is 0 Å². The third-order valence-corrected chi connectivity index (χ3v) is 6.86. The Labute approximate surface area is 177 Å². The number of nitrogens with zero attached hydrogens (tertiary/aromatic N) is 4. The van der Waals surface area contributed by atoms with Crippen molar-refractivity contribution in [2.45, 2.75) is 62.0 Å². The van der Waals surface area contributed by atoms with Gasteiger partial charge in [0.15, 0.2) is 0 Å². The Morgan fingerprint density at radius 3 is 2.55 bits per heavy atom. The molecule has 156 valence electrons. The number of amides is 1. The van der Waals surface area contributed by atoms with Crippen molar-refractivity contribution in [2.75, 3.05) is 26.2 Å². The largest absolute Gasteiger partial charge is 0.416 e. The number of hydrogen-bond donors (Lipinski definition) is 0. The normalized spacial score (nSPS) is 20.0. The Kier molecular flexibility index (Phi) is 6.87. The van der Waals surface area contributed by atoms with E-state index in [1.807, 2.05) is 17.9 Å².